The van der Waals surface area contributed by atoms with Crippen LogP contribution in [-0.2, 0) is 12.7 Å². The van der Waals surface area contributed by atoms with Gasteiger partial charge in [0, 0.05) is 12.6 Å². The number of benzene rings is 1. The first-order valence-electron chi connectivity index (χ1n) is 7.50. The lowest BCUT2D eigenvalue weighted by molar-refractivity contribution is -0.137. The van der Waals surface area contributed by atoms with Crippen LogP contribution in [0.2, 0.25) is 0 Å². The SMILES string of the molecule is CN(Cc1ccc(C(F)(F)F)cc1)[C@H]1C[C@H]2CNC[C@H]2C1. The van der Waals surface area contributed by atoms with Gasteiger partial charge in [-0.3, -0.25) is 4.90 Å². The normalized spacial score (nSPS) is 29.1. The maximum absolute atomic E-state index is 12.5. The van der Waals surface area contributed by atoms with E-state index < -0.39 is 11.7 Å². The van der Waals surface area contributed by atoms with Gasteiger partial charge in [0.15, 0.2) is 0 Å². The van der Waals surface area contributed by atoms with Gasteiger partial charge in [0.2, 0.25) is 0 Å². The monoisotopic (exact) mass is 298 g/mol. The Morgan fingerprint density at radius 2 is 1.67 bits per heavy atom. The molecule has 3 rings (SSSR count). The third-order valence-corrected chi connectivity index (χ3v) is 4.97. The van der Waals surface area contributed by atoms with Crippen LogP contribution in [0.3, 0.4) is 0 Å². The zero-order valence-corrected chi connectivity index (χ0v) is 12.2. The summed E-state index contributed by atoms with van der Waals surface area (Å²) in [6.45, 7) is 2.96. The molecule has 116 valence electrons. The molecule has 1 aromatic carbocycles. The number of fused-ring (bicyclic) bond motifs is 1. The number of rotatable bonds is 3. The molecule has 2 aliphatic rings. The fraction of sp³-hybridized carbons (Fsp3) is 0.625. The highest BCUT2D eigenvalue weighted by atomic mass is 19.4. The largest absolute Gasteiger partial charge is 0.416 e. The molecular weight excluding hydrogens is 277 g/mol. The molecule has 0 spiro atoms. The van der Waals surface area contributed by atoms with Gasteiger partial charge in [0.1, 0.15) is 0 Å². The predicted molar refractivity (Wildman–Crippen MR) is 75.8 cm³/mol. The second-order valence-electron chi connectivity index (χ2n) is 6.41. The Labute approximate surface area is 123 Å². The van der Waals surface area contributed by atoms with Gasteiger partial charge >= 0.3 is 6.18 Å². The molecule has 1 N–H and O–H groups in total. The molecule has 2 nitrogen and oxygen atoms in total. The van der Waals surface area contributed by atoms with Crippen LogP contribution in [0, 0.1) is 11.8 Å². The van der Waals surface area contributed by atoms with Gasteiger partial charge in [0.25, 0.3) is 0 Å². The van der Waals surface area contributed by atoms with E-state index in [0.717, 1.165) is 37.0 Å². The van der Waals surface area contributed by atoms with Crippen molar-refractivity contribution in [1.82, 2.24) is 10.2 Å². The Morgan fingerprint density at radius 1 is 1.10 bits per heavy atom. The lowest BCUT2D eigenvalue weighted by atomic mass is 10.0. The van der Waals surface area contributed by atoms with Crippen molar-refractivity contribution in [3.63, 3.8) is 0 Å². The third kappa shape index (κ3) is 3.24. The van der Waals surface area contributed by atoms with Gasteiger partial charge in [-0.2, -0.15) is 13.2 Å². The van der Waals surface area contributed by atoms with Crippen LogP contribution in [0.1, 0.15) is 24.0 Å². The Hall–Kier alpha value is -1.07. The fourth-order valence-corrected chi connectivity index (χ4v) is 3.71. The summed E-state index contributed by atoms with van der Waals surface area (Å²) in [7, 11) is 2.08. The van der Waals surface area contributed by atoms with Crippen LogP contribution < -0.4 is 5.32 Å². The van der Waals surface area contributed by atoms with Crippen LogP contribution in [0.25, 0.3) is 0 Å². The Balaban J connectivity index is 1.59. The molecule has 1 saturated carbocycles. The van der Waals surface area contributed by atoms with Crippen LogP contribution in [0.15, 0.2) is 24.3 Å². The molecule has 0 aromatic heterocycles. The van der Waals surface area contributed by atoms with E-state index in [2.05, 4.69) is 17.3 Å². The maximum Gasteiger partial charge on any atom is 0.416 e. The van der Waals surface area contributed by atoms with Crippen molar-refractivity contribution >= 4 is 0 Å². The molecule has 0 amide bonds. The summed E-state index contributed by atoms with van der Waals surface area (Å²) >= 11 is 0. The summed E-state index contributed by atoms with van der Waals surface area (Å²) in [5, 5.41) is 3.43. The summed E-state index contributed by atoms with van der Waals surface area (Å²) in [6.07, 6.45) is -1.84. The summed E-state index contributed by atoms with van der Waals surface area (Å²) in [5.74, 6) is 1.56. The lowest BCUT2D eigenvalue weighted by Crippen LogP contribution is -2.30. The van der Waals surface area contributed by atoms with Crippen LogP contribution in [0.4, 0.5) is 13.2 Å². The Bertz CT molecular complexity index is 471. The van der Waals surface area contributed by atoms with Crippen molar-refractivity contribution in [3.05, 3.63) is 35.4 Å². The van der Waals surface area contributed by atoms with E-state index in [-0.39, 0.29) is 0 Å². The standard InChI is InChI=1S/C16H21F3N2/c1-21(15-6-12-8-20-9-13(12)7-15)10-11-2-4-14(5-3-11)16(17,18)19/h2-5,12-13,15,20H,6-10H2,1H3/t12-,13+,15-. The van der Waals surface area contributed by atoms with E-state index in [9.17, 15) is 13.2 Å². The van der Waals surface area contributed by atoms with E-state index in [0.29, 0.717) is 6.04 Å². The van der Waals surface area contributed by atoms with E-state index in [1.165, 1.54) is 25.0 Å². The number of nitrogens with zero attached hydrogens (tertiary/aromatic N) is 1. The van der Waals surface area contributed by atoms with Gasteiger partial charge < -0.3 is 5.32 Å². The lowest BCUT2D eigenvalue weighted by Gasteiger charge is -2.25. The van der Waals surface area contributed by atoms with Gasteiger partial charge in [-0.1, -0.05) is 12.1 Å². The minimum Gasteiger partial charge on any atom is -0.316 e. The first-order chi connectivity index (χ1) is 9.93. The van der Waals surface area contributed by atoms with E-state index in [4.69, 9.17) is 0 Å². The second kappa shape index (κ2) is 5.61. The number of nitrogens with one attached hydrogen (secondary N) is 1. The highest BCUT2D eigenvalue weighted by Crippen LogP contribution is 2.37. The highest BCUT2D eigenvalue weighted by Gasteiger charge is 2.38. The molecule has 1 aliphatic heterocycles. The zero-order chi connectivity index (χ0) is 15.0. The van der Waals surface area contributed by atoms with Crippen molar-refractivity contribution < 1.29 is 13.2 Å². The molecule has 5 heteroatoms. The first-order valence-corrected chi connectivity index (χ1v) is 7.50. The van der Waals surface area contributed by atoms with Crippen molar-refractivity contribution in [2.24, 2.45) is 11.8 Å². The Kier molecular flexibility index (Phi) is 3.97. The van der Waals surface area contributed by atoms with Gasteiger partial charge in [-0.05, 0) is 62.5 Å². The molecule has 0 radical (unpaired) electrons. The fourth-order valence-electron chi connectivity index (χ4n) is 3.71. The van der Waals surface area contributed by atoms with Crippen molar-refractivity contribution in [1.29, 1.82) is 0 Å². The zero-order valence-electron chi connectivity index (χ0n) is 12.2. The second-order valence-corrected chi connectivity index (χ2v) is 6.41. The molecule has 0 bridgehead atoms. The number of alkyl halides is 3. The van der Waals surface area contributed by atoms with Crippen LogP contribution >= 0.6 is 0 Å². The van der Waals surface area contributed by atoms with Gasteiger partial charge in [-0.15, -0.1) is 0 Å². The maximum atomic E-state index is 12.5. The first kappa shape index (κ1) is 14.9. The quantitative estimate of drug-likeness (QED) is 0.922. The molecule has 3 atom stereocenters. The van der Waals surface area contributed by atoms with Crippen molar-refractivity contribution in [3.8, 4) is 0 Å². The molecular formula is C16H21F3N2. The number of hydrogen-bond donors (Lipinski definition) is 1. The molecule has 1 aliphatic carbocycles. The smallest absolute Gasteiger partial charge is 0.316 e. The number of hydrogen-bond acceptors (Lipinski definition) is 2. The third-order valence-electron chi connectivity index (χ3n) is 4.97. The van der Waals surface area contributed by atoms with Gasteiger partial charge in [-0.25, -0.2) is 0 Å². The average Bonchev–Trinajstić information content (AvgIpc) is 2.98. The topological polar surface area (TPSA) is 15.3 Å². The summed E-state index contributed by atoms with van der Waals surface area (Å²) in [4.78, 5) is 2.29. The summed E-state index contributed by atoms with van der Waals surface area (Å²) < 4.78 is 37.6. The van der Waals surface area contributed by atoms with Crippen LogP contribution in [0.5, 0.6) is 0 Å². The van der Waals surface area contributed by atoms with E-state index in [1.807, 2.05) is 0 Å². The Morgan fingerprint density at radius 3 is 2.19 bits per heavy atom. The summed E-state index contributed by atoms with van der Waals surface area (Å²) in [5.41, 5.74) is 0.371. The van der Waals surface area contributed by atoms with E-state index >= 15 is 0 Å². The average molecular weight is 298 g/mol. The molecule has 0 unspecified atom stereocenters. The minimum atomic E-state index is -4.25. The van der Waals surface area contributed by atoms with E-state index in [1.54, 1.807) is 12.1 Å². The van der Waals surface area contributed by atoms with Gasteiger partial charge in [0.05, 0.1) is 5.56 Å². The highest BCUT2D eigenvalue weighted by molar-refractivity contribution is 5.24. The molecule has 21 heavy (non-hydrogen) atoms. The molecule has 1 aromatic rings. The number of halogens is 3. The molecule has 1 heterocycles. The predicted octanol–water partition coefficient (Wildman–Crippen LogP) is 3.14. The molecule has 1 saturated heterocycles. The summed E-state index contributed by atoms with van der Waals surface area (Å²) in [6, 6.07) is 6.10. The van der Waals surface area contributed by atoms with Crippen LogP contribution in [-0.4, -0.2) is 31.1 Å². The molecule has 2 fully saturated rings. The van der Waals surface area contributed by atoms with Crippen molar-refractivity contribution in [2.75, 3.05) is 20.1 Å². The minimum absolute atomic E-state index is 0.560. The van der Waals surface area contributed by atoms with Crippen molar-refractivity contribution in [2.45, 2.75) is 31.6 Å².